The Bertz CT molecular complexity index is 1400. The molecule has 2 fully saturated rings. The van der Waals surface area contributed by atoms with Gasteiger partial charge < -0.3 is 10.1 Å². The van der Waals surface area contributed by atoms with Gasteiger partial charge in [-0.1, -0.05) is 30.3 Å². The quantitative estimate of drug-likeness (QED) is 0.267. The number of hydrogen-bond acceptors (Lipinski definition) is 6. The lowest BCUT2D eigenvalue weighted by atomic mass is 10.0. The number of carbonyl (C=O) groups is 2. The summed E-state index contributed by atoms with van der Waals surface area (Å²) < 4.78 is 0. The normalized spacial score (nSPS) is 19.6. The maximum absolute atomic E-state index is 13.4. The number of nitrogens with zero attached hydrogens (tertiary/aromatic N) is 2. The van der Waals surface area contributed by atoms with Crippen LogP contribution in [0.2, 0.25) is 0 Å². The first-order valence-electron chi connectivity index (χ1n) is 9.72. The van der Waals surface area contributed by atoms with Gasteiger partial charge in [-0.3, -0.25) is 24.7 Å². The predicted molar refractivity (Wildman–Crippen MR) is 122 cm³/mol. The Morgan fingerprint density at radius 2 is 1.72 bits per heavy atom. The zero-order chi connectivity index (χ0) is 22.6. The van der Waals surface area contributed by atoms with E-state index in [-0.39, 0.29) is 22.0 Å². The van der Waals surface area contributed by atoms with Gasteiger partial charge in [0.15, 0.2) is 11.4 Å². The van der Waals surface area contributed by atoms with E-state index in [4.69, 9.17) is 12.2 Å². The van der Waals surface area contributed by atoms with Crippen LogP contribution in [-0.2, 0) is 9.59 Å². The van der Waals surface area contributed by atoms with Crippen molar-refractivity contribution < 1.29 is 14.7 Å². The van der Waals surface area contributed by atoms with E-state index in [1.54, 1.807) is 55.5 Å². The first-order valence-corrected chi connectivity index (χ1v) is 10.1. The van der Waals surface area contributed by atoms with E-state index in [0.717, 1.165) is 11.6 Å². The molecule has 2 aliphatic heterocycles. The van der Waals surface area contributed by atoms with E-state index in [1.165, 1.54) is 9.80 Å². The number of H-pyrrole nitrogens is 1. The van der Waals surface area contributed by atoms with Gasteiger partial charge in [-0.25, -0.2) is 4.90 Å². The second-order valence-corrected chi connectivity index (χ2v) is 7.79. The van der Waals surface area contributed by atoms with Gasteiger partial charge in [0, 0.05) is 11.1 Å². The van der Waals surface area contributed by atoms with Crippen molar-refractivity contribution in [3.63, 3.8) is 0 Å². The average Bonchev–Trinajstić information content (AvgIpc) is 3.16. The molecular formula is C22H17N5O4S. The topological polar surface area (TPSA) is 118 Å². The molecule has 3 aromatic rings. The number of hydrazine groups is 1. The molecule has 0 saturated carbocycles. The molecule has 2 aliphatic rings. The molecule has 2 aromatic carbocycles. The Morgan fingerprint density at radius 1 is 1.00 bits per heavy atom. The lowest BCUT2D eigenvalue weighted by Gasteiger charge is -2.38. The Labute approximate surface area is 186 Å². The van der Waals surface area contributed by atoms with E-state index in [1.807, 2.05) is 0 Å². The molecule has 1 atom stereocenters. The number of benzene rings is 2. The van der Waals surface area contributed by atoms with Crippen LogP contribution in [0, 0.1) is 6.92 Å². The van der Waals surface area contributed by atoms with Crippen LogP contribution in [0.15, 0.2) is 58.9 Å². The first kappa shape index (κ1) is 19.9. The maximum atomic E-state index is 13.4. The predicted octanol–water partition coefficient (Wildman–Crippen LogP) is 1.48. The molecule has 0 spiro atoms. The average molecular weight is 447 g/mol. The van der Waals surface area contributed by atoms with Gasteiger partial charge >= 0.3 is 0 Å². The fourth-order valence-electron chi connectivity index (χ4n) is 3.92. The summed E-state index contributed by atoms with van der Waals surface area (Å²) in [4.78, 5) is 44.7. The zero-order valence-electron chi connectivity index (χ0n) is 16.7. The third-order valence-electron chi connectivity index (χ3n) is 5.50. The van der Waals surface area contributed by atoms with Crippen LogP contribution in [0.4, 0.5) is 5.69 Å². The molecule has 3 heterocycles. The van der Waals surface area contributed by atoms with Crippen molar-refractivity contribution in [2.45, 2.75) is 13.2 Å². The lowest BCUT2D eigenvalue weighted by molar-refractivity contribution is -0.131. The molecule has 2 amide bonds. The minimum Gasteiger partial charge on any atom is -0.506 e. The highest BCUT2D eigenvalue weighted by atomic mass is 32.1. The number of nitrogens with one attached hydrogen (secondary N) is 3. The number of rotatable bonds is 2. The van der Waals surface area contributed by atoms with Crippen LogP contribution in [-0.4, -0.2) is 38.2 Å². The SMILES string of the molecule is Cc1cccc2c(O)c(/C=C3\C(=O)N4C(=S)NN[C@@H]4N(c4ccccc4)C3=O)c(=O)[nH]c12. The second-order valence-electron chi connectivity index (χ2n) is 7.41. The molecule has 4 N–H and O–H groups in total. The number of amides is 2. The minimum absolute atomic E-state index is 0.0894. The first-order chi connectivity index (χ1) is 15.4. The lowest BCUT2D eigenvalue weighted by Crippen LogP contribution is -2.61. The van der Waals surface area contributed by atoms with Crippen molar-refractivity contribution in [1.29, 1.82) is 0 Å². The van der Waals surface area contributed by atoms with E-state index in [2.05, 4.69) is 15.8 Å². The number of para-hydroxylation sites is 2. The minimum atomic E-state index is -0.867. The summed E-state index contributed by atoms with van der Waals surface area (Å²) in [6, 6.07) is 13.9. The number of hydrogen-bond donors (Lipinski definition) is 4. The number of aryl methyl sites for hydroxylation is 1. The highest BCUT2D eigenvalue weighted by molar-refractivity contribution is 7.80. The van der Waals surface area contributed by atoms with Gasteiger partial charge in [-0.05, 0) is 49.0 Å². The summed E-state index contributed by atoms with van der Waals surface area (Å²) in [6.07, 6.45) is 0.251. The highest BCUT2D eigenvalue weighted by Crippen LogP contribution is 2.32. The number of carbonyl (C=O) groups excluding carboxylic acids is 2. The second kappa shape index (κ2) is 7.29. The molecular weight excluding hydrogens is 430 g/mol. The number of anilines is 1. The molecule has 10 heteroatoms. The van der Waals surface area contributed by atoms with Crippen LogP contribution in [0.1, 0.15) is 11.1 Å². The van der Waals surface area contributed by atoms with E-state index in [0.29, 0.717) is 16.6 Å². The molecule has 9 nitrogen and oxygen atoms in total. The Kier molecular flexibility index (Phi) is 4.54. The highest BCUT2D eigenvalue weighted by Gasteiger charge is 2.48. The summed E-state index contributed by atoms with van der Waals surface area (Å²) in [5, 5.41) is 11.3. The fourth-order valence-corrected chi connectivity index (χ4v) is 4.16. The number of pyridine rings is 1. The van der Waals surface area contributed by atoms with Gasteiger partial charge in [0.1, 0.15) is 11.3 Å². The van der Waals surface area contributed by atoms with Gasteiger partial charge in [-0.2, -0.15) is 5.43 Å². The van der Waals surface area contributed by atoms with Gasteiger partial charge in [0.05, 0.1) is 11.1 Å². The van der Waals surface area contributed by atoms with Crippen molar-refractivity contribution >= 4 is 51.8 Å². The van der Waals surface area contributed by atoms with Crippen LogP contribution in [0.3, 0.4) is 0 Å². The molecule has 5 rings (SSSR count). The van der Waals surface area contributed by atoms with Gasteiger partial charge in [0.2, 0.25) is 0 Å². The molecule has 0 radical (unpaired) electrons. The van der Waals surface area contributed by atoms with E-state index in [9.17, 15) is 19.5 Å². The van der Waals surface area contributed by atoms with Crippen molar-refractivity contribution in [1.82, 2.24) is 20.7 Å². The number of fused-ring (bicyclic) bond motifs is 2. The molecule has 1 aromatic heterocycles. The van der Waals surface area contributed by atoms with Crippen LogP contribution in [0.25, 0.3) is 17.0 Å². The Morgan fingerprint density at radius 3 is 2.47 bits per heavy atom. The summed E-state index contributed by atoms with van der Waals surface area (Å²) in [6.45, 7) is 1.80. The summed E-state index contributed by atoms with van der Waals surface area (Å²) in [7, 11) is 0. The van der Waals surface area contributed by atoms with E-state index >= 15 is 0 Å². The zero-order valence-corrected chi connectivity index (χ0v) is 17.6. The van der Waals surface area contributed by atoms with Crippen molar-refractivity contribution in [2.75, 3.05) is 4.90 Å². The van der Waals surface area contributed by atoms with Crippen LogP contribution in [0.5, 0.6) is 5.75 Å². The number of thiocarbonyl (C=S) groups is 1. The largest absolute Gasteiger partial charge is 0.506 e. The third-order valence-corrected chi connectivity index (χ3v) is 5.80. The van der Waals surface area contributed by atoms with Gasteiger partial charge in [0.25, 0.3) is 17.4 Å². The molecule has 0 unspecified atom stereocenters. The van der Waals surface area contributed by atoms with E-state index < -0.39 is 23.7 Å². The Balaban J connectivity index is 1.71. The van der Waals surface area contributed by atoms with Crippen LogP contribution >= 0.6 is 12.2 Å². The van der Waals surface area contributed by atoms with Crippen molar-refractivity contribution in [2.24, 2.45) is 0 Å². The standard InChI is InChI=1S/C22H17N5O4S/c1-11-6-5-9-13-16(11)23-18(29)14(17(13)28)10-15-19(30)26(12-7-3-2-4-8-12)21-24-25-22(32)27(21)20(15)31/h2-10,21,24H,1H3,(H,25,32)(H2,23,28,29)/b15-10-/t21-/m1/s1. The van der Waals surface area contributed by atoms with Crippen molar-refractivity contribution in [3.8, 4) is 5.75 Å². The maximum Gasteiger partial charge on any atom is 0.268 e. The van der Waals surface area contributed by atoms with Crippen LogP contribution < -0.4 is 21.3 Å². The molecule has 0 bridgehead atoms. The molecule has 2 saturated heterocycles. The summed E-state index contributed by atoms with van der Waals surface area (Å²) in [5.41, 5.74) is 6.21. The molecule has 160 valence electrons. The summed E-state index contributed by atoms with van der Waals surface area (Å²) in [5.74, 6) is -1.63. The Hall–Kier alpha value is -4.02. The molecule has 32 heavy (non-hydrogen) atoms. The molecule has 0 aliphatic carbocycles. The summed E-state index contributed by atoms with van der Waals surface area (Å²) >= 11 is 5.23. The van der Waals surface area contributed by atoms with Crippen molar-refractivity contribution in [3.05, 3.63) is 75.6 Å². The number of aromatic hydroxyl groups is 1. The van der Waals surface area contributed by atoms with Gasteiger partial charge in [-0.15, -0.1) is 0 Å². The third kappa shape index (κ3) is 2.88. The fraction of sp³-hybridized carbons (Fsp3) is 0.0909. The number of aromatic nitrogens is 1. The monoisotopic (exact) mass is 447 g/mol. The number of aromatic amines is 1. The smallest absolute Gasteiger partial charge is 0.268 e.